The highest BCUT2D eigenvalue weighted by molar-refractivity contribution is 9.10. The Kier molecular flexibility index (Phi) is 4.01. The lowest BCUT2D eigenvalue weighted by atomic mass is 10.2. The predicted molar refractivity (Wildman–Crippen MR) is 69.9 cm³/mol. The van der Waals surface area contributed by atoms with E-state index < -0.39 is 5.97 Å². The Morgan fingerprint density at radius 3 is 2.67 bits per heavy atom. The molecular weight excluding hydrogens is 298 g/mol. The maximum Gasteiger partial charge on any atom is 0.323 e. The number of aliphatic carboxylic acids is 1. The van der Waals surface area contributed by atoms with E-state index in [9.17, 15) is 9.59 Å². The molecule has 2 rings (SSSR count). The van der Waals surface area contributed by atoms with Gasteiger partial charge in [-0.25, -0.2) is 0 Å². The van der Waals surface area contributed by atoms with Crippen LogP contribution < -0.4 is 0 Å². The zero-order valence-corrected chi connectivity index (χ0v) is 11.4. The van der Waals surface area contributed by atoms with Gasteiger partial charge >= 0.3 is 5.97 Å². The average molecular weight is 312 g/mol. The molecule has 1 amide bonds. The molecule has 96 valence electrons. The Bertz CT molecular complexity index is 471. The Labute approximate surface area is 114 Å². The van der Waals surface area contributed by atoms with Gasteiger partial charge in [0.1, 0.15) is 6.54 Å². The first-order valence-electron chi connectivity index (χ1n) is 5.81. The molecule has 4 nitrogen and oxygen atoms in total. The molecule has 0 heterocycles. The highest BCUT2D eigenvalue weighted by Crippen LogP contribution is 2.31. The zero-order valence-electron chi connectivity index (χ0n) is 9.80. The van der Waals surface area contributed by atoms with Crippen LogP contribution >= 0.6 is 15.9 Å². The van der Waals surface area contributed by atoms with Crippen molar-refractivity contribution in [3.63, 3.8) is 0 Å². The van der Waals surface area contributed by atoms with E-state index in [0.717, 1.165) is 22.9 Å². The Morgan fingerprint density at radius 1 is 1.39 bits per heavy atom. The lowest BCUT2D eigenvalue weighted by molar-refractivity contribution is -0.145. The van der Waals surface area contributed by atoms with Gasteiger partial charge in [0, 0.05) is 16.9 Å². The third kappa shape index (κ3) is 3.57. The summed E-state index contributed by atoms with van der Waals surface area (Å²) in [7, 11) is 0. The van der Waals surface area contributed by atoms with Gasteiger partial charge < -0.3 is 10.0 Å². The smallest absolute Gasteiger partial charge is 0.323 e. The van der Waals surface area contributed by atoms with Crippen LogP contribution in [0.1, 0.15) is 18.4 Å². The summed E-state index contributed by atoms with van der Waals surface area (Å²) in [5.74, 6) is -0.979. The highest BCUT2D eigenvalue weighted by atomic mass is 79.9. The van der Waals surface area contributed by atoms with Gasteiger partial charge in [0.25, 0.3) is 0 Å². The molecule has 1 aliphatic carbocycles. The minimum Gasteiger partial charge on any atom is -0.480 e. The highest BCUT2D eigenvalue weighted by Gasteiger charge is 2.34. The first-order valence-corrected chi connectivity index (χ1v) is 6.60. The van der Waals surface area contributed by atoms with Crippen molar-refractivity contribution in [3.8, 4) is 0 Å². The van der Waals surface area contributed by atoms with E-state index in [-0.39, 0.29) is 18.4 Å². The Morgan fingerprint density at radius 2 is 2.11 bits per heavy atom. The summed E-state index contributed by atoms with van der Waals surface area (Å²) in [6.07, 6.45) is 1.76. The summed E-state index contributed by atoms with van der Waals surface area (Å²) in [4.78, 5) is 24.2. The fraction of sp³-hybridized carbons (Fsp3) is 0.385. The first-order chi connectivity index (χ1) is 8.56. The van der Waals surface area contributed by atoms with Crippen molar-refractivity contribution in [1.29, 1.82) is 0 Å². The molecule has 1 aromatic rings. The molecule has 1 N–H and O–H groups in total. The van der Waals surface area contributed by atoms with Gasteiger partial charge in [-0.2, -0.15) is 0 Å². The number of hydrogen-bond acceptors (Lipinski definition) is 2. The van der Waals surface area contributed by atoms with Gasteiger partial charge in [-0.05, 0) is 30.5 Å². The fourth-order valence-electron chi connectivity index (χ4n) is 1.82. The molecular formula is C13H14BrNO3. The molecule has 0 radical (unpaired) electrons. The molecule has 1 saturated carbocycles. The number of carbonyl (C=O) groups is 2. The largest absolute Gasteiger partial charge is 0.480 e. The van der Waals surface area contributed by atoms with E-state index in [1.165, 1.54) is 4.90 Å². The minimum absolute atomic E-state index is 0.0384. The number of amides is 1. The molecule has 0 atom stereocenters. The number of carbonyl (C=O) groups excluding carboxylic acids is 1. The van der Waals surface area contributed by atoms with Crippen molar-refractivity contribution in [3.05, 3.63) is 34.3 Å². The molecule has 0 bridgehead atoms. The standard InChI is InChI=1S/C13H14BrNO3/c14-11-3-1-2-9(6-11)7-15(8-12(16)17)13(18)10-4-5-10/h1-3,6,10H,4-5,7-8H2,(H,16,17). The van der Waals surface area contributed by atoms with E-state index in [1.54, 1.807) is 0 Å². The van der Waals surface area contributed by atoms with E-state index in [4.69, 9.17) is 5.11 Å². The Hall–Kier alpha value is -1.36. The monoisotopic (exact) mass is 311 g/mol. The van der Waals surface area contributed by atoms with Crippen molar-refractivity contribution in [2.45, 2.75) is 19.4 Å². The van der Waals surface area contributed by atoms with E-state index in [0.29, 0.717) is 6.54 Å². The molecule has 0 unspecified atom stereocenters. The number of halogens is 1. The number of carboxylic acid groups (broad SMARTS) is 1. The average Bonchev–Trinajstić information content (AvgIpc) is 3.10. The van der Waals surface area contributed by atoms with Crippen LogP contribution in [0, 0.1) is 5.92 Å². The molecule has 0 aromatic heterocycles. The van der Waals surface area contributed by atoms with Gasteiger partial charge in [-0.15, -0.1) is 0 Å². The zero-order chi connectivity index (χ0) is 13.1. The molecule has 1 aliphatic rings. The minimum atomic E-state index is -0.973. The van der Waals surface area contributed by atoms with E-state index in [2.05, 4.69) is 15.9 Å². The summed E-state index contributed by atoms with van der Waals surface area (Å²) in [6.45, 7) is 0.114. The number of hydrogen-bond donors (Lipinski definition) is 1. The van der Waals surface area contributed by atoms with Crippen LogP contribution in [0.4, 0.5) is 0 Å². The van der Waals surface area contributed by atoms with Crippen LogP contribution in [0.3, 0.4) is 0 Å². The normalized spacial score (nSPS) is 14.3. The van der Waals surface area contributed by atoms with Crippen molar-refractivity contribution in [1.82, 2.24) is 4.90 Å². The molecule has 0 spiro atoms. The third-order valence-corrected chi connectivity index (χ3v) is 3.32. The maximum absolute atomic E-state index is 12.0. The van der Waals surface area contributed by atoms with Crippen LogP contribution in [0.2, 0.25) is 0 Å². The first kappa shape index (κ1) is 13.1. The summed E-state index contributed by atoms with van der Waals surface area (Å²) in [5, 5.41) is 8.86. The van der Waals surface area contributed by atoms with Crippen molar-refractivity contribution < 1.29 is 14.7 Å². The van der Waals surface area contributed by atoms with Gasteiger partial charge in [0.15, 0.2) is 0 Å². The summed E-state index contributed by atoms with van der Waals surface area (Å²) < 4.78 is 0.925. The second-order valence-electron chi connectivity index (χ2n) is 4.49. The SMILES string of the molecule is O=C(O)CN(Cc1cccc(Br)c1)C(=O)C1CC1. The third-order valence-electron chi connectivity index (χ3n) is 2.83. The summed E-state index contributed by atoms with van der Waals surface area (Å²) in [5.41, 5.74) is 0.930. The number of nitrogens with zero attached hydrogens (tertiary/aromatic N) is 1. The fourth-order valence-corrected chi connectivity index (χ4v) is 2.27. The maximum atomic E-state index is 12.0. The van der Waals surface area contributed by atoms with Crippen LogP contribution in [0.5, 0.6) is 0 Å². The molecule has 0 aliphatic heterocycles. The lowest BCUT2D eigenvalue weighted by Gasteiger charge is -2.20. The van der Waals surface area contributed by atoms with Gasteiger partial charge in [0.2, 0.25) is 5.91 Å². The van der Waals surface area contributed by atoms with E-state index >= 15 is 0 Å². The molecule has 1 aromatic carbocycles. The van der Waals surface area contributed by atoms with Crippen molar-refractivity contribution in [2.75, 3.05) is 6.54 Å². The van der Waals surface area contributed by atoms with Crippen LogP contribution in [-0.4, -0.2) is 28.4 Å². The molecule has 1 fully saturated rings. The van der Waals surface area contributed by atoms with Gasteiger partial charge in [0.05, 0.1) is 0 Å². The second-order valence-corrected chi connectivity index (χ2v) is 5.41. The number of carboxylic acids is 1. The van der Waals surface area contributed by atoms with Gasteiger partial charge in [-0.1, -0.05) is 28.1 Å². The quantitative estimate of drug-likeness (QED) is 0.907. The van der Waals surface area contributed by atoms with Crippen LogP contribution in [0.25, 0.3) is 0 Å². The second kappa shape index (κ2) is 5.52. The van der Waals surface area contributed by atoms with Gasteiger partial charge in [-0.3, -0.25) is 9.59 Å². The van der Waals surface area contributed by atoms with E-state index in [1.807, 2.05) is 24.3 Å². The molecule has 18 heavy (non-hydrogen) atoms. The van der Waals surface area contributed by atoms with Crippen molar-refractivity contribution >= 4 is 27.8 Å². The summed E-state index contributed by atoms with van der Waals surface area (Å²) >= 11 is 3.36. The molecule has 5 heteroatoms. The van der Waals surface area contributed by atoms with Crippen LogP contribution in [0.15, 0.2) is 28.7 Å². The van der Waals surface area contributed by atoms with Crippen LogP contribution in [-0.2, 0) is 16.1 Å². The predicted octanol–water partition coefficient (Wildman–Crippen LogP) is 2.27. The van der Waals surface area contributed by atoms with Crippen molar-refractivity contribution in [2.24, 2.45) is 5.92 Å². The summed E-state index contributed by atoms with van der Waals surface area (Å²) in [6, 6.07) is 7.56. The lowest BCUT2D eigenvalue weighted by Crippen LogP contribution is -2.36. The number of rotatable bonds is 5. The molecule has 0 saturated heterocycles. The number of benzene rings is 1. The topological polar surface area (TPSA) is 57.6 Å². The Balaban J connectivity index is 2.08.